The lowest BCUT2D eigenvalue weighted by atomic mass is 10.2. The molecule has 4 nitrogen and oxygen atoms in total. The molecule has 3 aromatic rings. The van der Waals surface area contributed by atoms with Gasteiger partial charge in [-0.15, -0.1) is 0 Å². The van der Waals surface area contributed by atoms with E-state index in [-0.39, 0.29) is 11.9 Å². The summed E-state index contributed by atoms with van der Waals surface area (Å²) >= 11 is 12.2. The van der Waals surface area contributed by atoms with Crippen molar-refractivity contribution in [1.29, 1.82) is 0 Å². The number of rotatable bonds is 6. The zero-order valence-corrected chi connectivity index (χ0v) is 16.3. The summed E-state index contributed by atoms with van der Waals surface area (Å²) in [7, 11) is 0. The Labute approximate surface area is 163 Å². The number of amides is 1. The Balaban J connectivity index is 1.99. The van der Waals surface area contributed by atoms with Crippen LogP contribution < -0.4 is 5.32 Å². The standard InChI is InChI=1S/C20H21Cl2N3O/c1-3-6-19(26)23-13(2)20-24-17-7-4-5-8-18(17)25(20)12-14-9-10-15(21)16(22)11-14/h4-5,7-11,13H,3,6,12H2,1-2H3,(H,23,26). The maximum atomic E-state index is 12.0. The van der Waals surface area contributed by atoms with Crippen molar-refractivity contribution in [3.05, 3.63) is 63.9 Å². The second kappa shape index (κ2) is 8.11. The average Bonchev–Trinajstić information content (AvgIpc) is 2.97. The molecule has 0 aliphatic rings. The Bertz CT molecular complexity index is 936. The Morgan fingerprint density at radius 3 is 2.69 bits per heavy atom. The van der Waals surface area contributed by atoms with Crippen molar-refractivity contribution in [2.45, 2.75) is 39.3 Å². The van der Waals surface area contributed by atoms with Crippen molar-refractivity contribution < 1.29 is 4.79 Å². The van der Waals surface area contributed by atoms with E-state index in [0.717, 1.165) is 28.8 Å². The maximum Gasteiger partial charge on any atom is 0.220 e. The lowest BCUT2D eigenvalue weighted by molar-refractivity contribution is -0.121. The first kappa shape index (κ1) is 18.7. The first-order valence-corrected chi connectivity index (χ1v) is 9.43. The second-order valence-electron chi connectivity index (χ2n) is 6.33. The number of hydrogen-bond donors (Lipinski definition) is 1. The number of fused-ring (bicyclic) bond motifs is 1. The molecular weight excluding hydrogens is 369 g/mol. The quantitative estimate of drug-likeness (QED) is 0.615. The topological polar surface area (TPSA) is 46.9 Å². The number of aromatic nitrogens is 2. The van der Waals surface area contributed by atoms with Crippen LogP contribution in [-0.2, 0) is 11.3 Å². The molecule has 1 amide bonds. The van der Waals surface area contributed by atoms with Crippen molar-refractivity contribution in [2.24, 2.45) is 0 Å². The third-order valence-corrected chi connectivity index (χ3v) is 4.99. The molecule has 1 aromatic heterocycles. The number of nitrogens with zero attached hydrogens (tertiary/aromatic N) is 2. The molecule has 1 heterocycles. The number of para-hydroxylation sites is 2. The molecule has 1 unspecified atom stereocenters. The first-order chi connectivity index (χ1) is 12.5. The number of halogens is 2. The zero-order chi connectivity index (χ0) is 18.7. The van der Waals surface area contributed by atoms with Crippen molar-refractivity contribution in [1.82, 2.24) is 14.9 Å². The largest absolute Gasteiger partial charge is 0.346 e. The molecule has 0 spiro atoms. The molecule has 3 rings (SSSR count). The van der Waals surface area contributed by atoms with E-state index in [9.17, 15) is 4.79 Å². The van der Waals surface area contributed by atoms with Gasteiger partial charge in [0.25, 0.3) is 0 Å². The summed E-state index contributed by atoms with van der Waals surface area (Å²) in [6.45, 7) is 4.55. The Hall–Kier alpha value is -2.04. The van der Waals surface area contributed by atoms with E-state index >= 15 is 0 Å². The molecule has 1 N–H and O–H groups in total. The maximum absolute atomic E-state index is 12.0. The highest BCUT2D eigenvalue weighted by molar-refractivity contribution is 6.42. The van der Waals surface area contributed by atoms with E-state index in [2.05, 4.69) is 9.88 Å². The highest BCUT2D eigenvalue weighted by atomic mass is 35.5. The number of nitrogens with one attached hydrogen (secondary N) is 1. The van der Waals surface area contributed by atoms with Gasteiger partial charge in [0, 0.05) is 13.0 Å². The van der Waals surface area contributed by atoms with Crippen LogP contribution in [0.5, 0.6) is 0 Å². The Morgan fingerprint density at radius 2 is 1.96 bits per heavy atom. The predicted molar refractivity (Wildman–Crippen MR) is 107 cm³/mol. The highest BCUT2D eigenvalue weighted by Crippen LogP contribution is 2.26. The van der Waals surface area contributed by atoms with Gasteiger partial charge >= 0.3 is 0 Å². The van der Waals surface area contributed by atoms with Crippen molar-refractivity contribution in [3.63, 3.8) is 0 Å². The lowest BCUT2D eigenvalue weighted by Crippen LogP contribution is -2.28. The van der Waals surface area contributed by atoms with Gasteiger partial charge in [0.15, 0.2) is 0 Å². The molecule has 2 aromatic carbocycles. The normalized spacial score (nSPS) is 12.3. The monoisotopic (exact) mass is 389 g/mol. The number of carbonyl (C=O) groups is 1. The van der Waals surface area contributed by atoms with Gasteiger partial charge in [0.05, 0.1) is 27.1 Å². The zero-order valence-electron chi connectivity index (χ0n) is 14.8. The van der Waals surface area contributed by atoms with Crippen LogP contribution in [0.2, 0.25) is 10.0 Å². The van der Waals surface area contributed by atoms with Crippen molar-refractivity contribution >= 4 is 40.1 Å². The molecular formula is C20H21Cl2N3O. The number of benzene rings is 2. The number of hydrogen-bond acceptors (Lipinski definition) is 2. The fourth-order valence-corrected chi connectivity index (χ4v) is 3.34. The predicted octanol–water partition coefficient (Wildman–Crippen LogP) is 5.37. The van der Waals surface area contributed by atoms with Gasteiger partial charge in [-0.3, -0.25) is 4.79 Å². The van der Waals surface area contributed by atoms with Gasteiger partial charge in [-0.25, -0.2) is 4.98 Å². The molecule has 26 heavy (non-hydrogen) atoms. The molecule has 0 radical (unpaired) electrons. The van der Waals surface area contributed by atoms with Crippen LogP contribution in [0.15, 0.2) is 42.5 Å². The van der Waals surface area contributed by atoms with Crippen LogP contribution in [0.1, 0.15) is 44.1 Å². The average molecular weight is 390 g/mol. The summed E-state index contributed by atoms with van der Waals surface area (Å²) in [5.74, 6) is 0.856. The van der Waals surface area contributed by atoms with Crippen LogP contribution >= 0.6 is 23.2 Å². The molecule has 0 saturated carbocycles. The van der Waals surface area contributed by atoms with Crippen LogP contribution in [0.3, 0.4) is 0 Å². The van der Waals surface area contributed by atoms with E-state index in [1.807, 2.05) is 50.2 Å². The highest BCUT2D eigenvalue weighted by Gasteiger charge is 2.18. The molecule has 136 valence electrons. The van der Waals surface area contributed by atoms with Gasteiger partial charge in [0.1, 0.15) is 5.82 Å². The Morgan fingerprint density at radius 1 is 1.19 bits per heavy atom. The van der Waals surface area contributed by atoms with E-state index in [1.54, 1.807) is 6.07 Å². The van der Waals surface area contributed by atoms with Crippen molar-refractivity contribution in [3.8, 4) is 0 Å². The minimum absolute atomic E-state index is 0.0353. The lowest BCUT2D eigenvalue weighted by Gasteiger charge is -2.16. The minimum atomic E-state index is -0.191. The van der Waals surface area contributed by atoms with Crippen molar-refractivity contribution in [2.75, 3.05) is 0 Å². The smallest absolute Gasteiger partial charge is 0.220 e. The fraction of sp³-hybridized carbons (Fsp3) is 0.300. The van der Waals surface area contributed by atoms with E-state index in [4.69, 9.17) is 28.2 Å². The van der Waals surface area contributed by atoms with Gasteiger partial charge in [-0.1, -0.05) is 48.3 Å². The van der Waals surface area contributed by atoms with E-state index < -0.39 is 0 Å². The SMILES string of the molecule is CCCC(=O)NC(C)c1nc2ccccc2n1Cc1ccc(Cl)c(Cl)c1. The number of carbonyl (C=O) groups excluding carboxylic acids is 1. The van der Waals surface area contributed by atoms with Crippen LogP contribution in [0.4, 0.5) is 0 Å². The summed E-state index contributed by atoms with van der Waals surface area (Å²) in [6, 6.07) is 13.4. The van der Waals surface area contributed by atoms with Gasteiger partial charge < -0.3 is 9.88 Å². The molecule has 0 fully saturated rings. The van der Waals surface area contributed by atoms with Crippen LogP contribution in [0.25, 0.3) is 11.0 Å². The molecule has 1 atom stereocenters. The summed E-state index contributed by atoms with van der Waals surface area (Å²) in [5, 5.41) is 4.10. The molecule has 0 aliphatic heterocycles. The third-order valence-electron chi connectivity index (χ3n) is 4.25. The molecule has 0 bridgehead atoms. The van der Waals surface area contributed by atoms with Gasteiger partial charge in [-0.2, -0.15) is 0 Å². The summed E-state index contributed by atoms with van der Waals surface area (Å²) in [6.07, 6.45) is 1.33. The fourth-order valence-electron chi connectivity index (χ4n) is 3.02. The first-order valence-electron chi connectivity index (χ1n) is 8.68. The minimum Gasteiger partial charge on any atom is -0.346 e. The van der Waals surface area contributed by atoms with Crippen LogP contribution in [0, 0.1) is 0 Å². The van der Waals surface area contributed by atoms with Gasteiger partial charge in [0.2, 0.25) is 5.91 Å². The molecule has 0 aliphatic carbocycles. The molecule has 6 heteroatoms. The number of imidazole rings is 1. The molecule has 0 saturated heterocycles. The van der Waals surface area contributed by atoms with E-state index in [1.165, 1.54) is 0 Å². The summed E-state index contributed by atoms with van der Waals surface area (Å²) in [4.78, 5) is 16.8. The second-order valence-corrected chi connectivity index (χ2v) is 7.15. The third kappa shape index (κ3) is 4.02. The Kier molecular flexibility index (Phi) is 5.84. The van der Waals surface area contributed by atoms with Crippen LogP contribution in [-0.4, -0.2) is 15.5 Å². The van der Waals surface area contributed by atoms with E-state index in [0.29, 0.717) is 23.0 Å². The summed E-state index contributed by atoms with van der Waals surface area (Å²) < 4.78 is 2.12. The van der Waals surface area contributed by atoms with Gasteiger partial charge in [-0.05, 0) is 43.2 Å². The summed E-state index contributed by atoms with van der Waals surface area (Å²) in [5.41, 5.74) is 2.94.